The summed E-state index contributed by atoms with van der Waals surface area (Å²) >= 11 is 6.96. The fourth-order valence-corrected chi connectivity index (χ4v) is 5.03. The van der Waals surface area contributed by atoms with E-state index in [9.17, 15) is 14.0 Å². The molecule has 0 radical (unpaired) electrons. The monoisotopic (exact) mass is 533 g/mol. The molecule has 5 rings (SSSR count). The molecule has 0 aromatic heterocycles. The van der Waals surface area contributed by atoms with Crippen LogP contribution in [-0.2, 0) is 11.4 Å². The van der Waals surface area contributed by atoms with Crippen molar-refractivity contribution < 1.29 is 23.5 Å². The zero-order valence-electron chi connectivity index (χ0n) is 19.5. The number of carbonyl (C=O) groups is 2. The first-order valence-electron chi connectivity index (χ1n) is 11.5. The quantitative estimate of drug-likeness (QED) is 0.222. The van der Waals surface area contributed by atoms with Crippen LogP contribution >= 0.6 is 23.4 Å². The van der Waals surface area contributed by atoms with Crippen LogP contribution in [0.25, 0.3) is 16.8 Å². The second-order valence-corrected chi connectivity index (χ2v) is 9.59. The molecule has 1 aliphatic heterocycles. The lowest BCUT2D eigenvalue weighted by atomic mass is 10.1. The Morgan fingerprint density at radius 1 is 0.865 bits per heavy atom. The molecular formula is C29H21ClFNO4S. The van der Waals surface area contributed by atoms with Gasteiger partial charge >= 0.3 is 0 Å². The Bertz CT molecular complexity index is 1500. The lowest BCUT2D eigenvalue weighted by Crippen LogP contribution is -2.32. The minimum absolute atomic E-state index is 0.0800. The number of benzene rings is 4. The van der Waals surface area contributed by atoms with Crippen LogP contribution in [0.1, 0.15) is 11.1 Å². The molecule has 5 nitrogen and oxygen atoms in total. The Hall–Kier alpha value is -3.81. The summed E-state index contributed by atoms with van der Waals surface area (Å²) in [4.78, 5) is 27.0. The fraction of sp³-hybridized carbons (Fsp3) is 0.103. The molecule has 8 heteroatoms. The van der Waals surface area contributed by atoms with Gasteiger partial charge in [0.25, 0.3) is 11.1 Å². The highest BCUT2D eigenvalue weighted by Crippen LogP contribution is 2.34. The molecule has 0 saturated carbocycles. The smallest absolute Gasteiger partial charge is 0.293 e. The summed E-state index contributed by atoms with van der Waals surface area (Å²) in [5.41, 5.74) is 0.831. The fourth-order valence-electron chi connectivity index (χ4n) is 3.95. The molecule has 0 N–H and O–H groups in total. The Balaban J connectivity index is 1.27. The number of imide groups is 1. The molecule has 0 unspecified atom stereocenters. The number of thioether (sulfide) groups is 1. The standard InChI is InChI=1S/C29H21ClFNO4S/c30-23-11-6-12-24(31)22(23)18-36-25-13-4-2-8-20(25)17-27-28(33)32(29(34)37-27)15-16-35-26-14-5-9-19-7-1-3-10-21(19)26/h1-14,17H,15-16,18H2/b27-17-. The van der Waals surface area contributed by atoms with Crippen molar-refractivity contribution in [2.75, 3.05) is 13.2 Å². The number of halogens is 2. The highest BCUT2D eigenvalue weighted by molar-refractivity contribution is 8.18. The van der Waals surface area contributed by atoms with Crippen molar-refractivity contribution in [3.8, 4) is 11.5 Å². The first-order valence-corrected chi connectivity index (χ1v) is 12.7. The molecule has 0 atom stereocenters. The molecule has 1 aliphatic rings. The molecule has 0 aliphatic carbocycles. The van der Waals surface area contributed by atoms with Crippen molar-refractivity contribution in [1.82, 2.24) is 4.90 Å². The SMILES string of the molecule is O=C1S/C(=C\c2ccccc2OCc2c(F)cccc2Cl)C(=O)N1CCOc1cccc2ccccc12. The molecular weight excluding hydrogens is 513 g/mol. The molecule has 2 amide bonds. The van der Waals surface area contributed by atoms with E-state index in [1.54, 1.807) is 36.4 Å². The van der Waals surface area contributed by atoms with E-state index in [1.807, 2.05) is 42.5 Å². The van der Waals surface area contributed by atoms with Crippen molar-refractivity contribution in [2.45, 2.75) is 6.61 Å². The number of amides is 2. The van der Waals surface area contributed by atoms with Gasteiger partial charge < -0.3 is 9.47 Å². The molecule has 4 aromatic carbocycles. The van der Waals surface area contributed by atoms with E-state index in [0.717, 1.165) is 22.5 Å². The second-order valence-electron chi connectivity index (χ2n) is 8.19. The van der Waals surface area contributed by atoms with Gasteiger partial charge in [-0.15, -0.1) is 0 Å². The maximum atomic E-state index is 14.1. The van der Waals surface area contributed by atoms with Gasteiger partial charge in [-0.3, -0.25) is 14.5 Å². The number of hydrogen-bond acceptors (Lipinski definition) is 5. The molecule has 1 fully saturated rings. The van der Waals surface area contributed by atoms with Crippen LogP contribution in [0.2, 0.25) is 5.02 Å². The number of ether oxygens (including phenoxy) is 2. The number of carbonyl (C=O) groups excluding carboxylic acids is 2. The van der Waals surface area contributed by atoms with E-state index in [1.165, 1.54) is 17.0 Å². The number of hydrogen-bond donors (Lipinski definition) is 0. The number of nitrogens with zero attached hydrogens (tertiary/aromatic N) is 1. The van der Waals surface area contributed by atoms with Gasteiger partial charge in [0, 0.05) is 16.5 Å². The van der Waals surface area contributed by atoms with E-state index in [4.69, 9.17) is 21.1 Å². The second kappa shape index (κ2) is 11.1. The van der Waals surface area contributed by atoms with Crippen LogP contribution in [0, 0.1) is 5.82 Å². The van der Waals surface area contributed by atoms with Crippen LogP contribution in [0.3, 0.4) is 0 Å². The van der Waals surface area contributed by atoms with Crippen molar-refractivity contribution >= 4 is 51.4 Å². The first kappa shape index (κ1) is 24.9. The highest BCUT2D eigenvalue weighted by atomic mass is 35.5. The van der Waals surface area contributed by atoms with E-state index in [0.29, 0.717) is 17.1 Å². The Labute approximate surface area is 222 Å². The summed E-state index contributed by atoms with van der Waals surface area (Å²) in [6.45, 7) is 0.209. The average Bonchev–Trinajstić information content (AvgIpc) is 3.16. The highest BCUT2D eigenvalue weighted by Gasteiger charge is 2.35. The van der Waals surface area contributed by atoms with Crippen molar-refractivity contribution in [3.63, 3.8) is 0 Å². The molecule has 0 bridgehead atoms. The molecule has 4 aromatic rings. The van der Waals surface area contributed by atoms with Crippen LogP contribution in [0.5, 0.6) is 11.5 Å². The third kappa shape index (κ3) is 5.48. The van der Waals surface area contributed by atoms with E-state index >= 15 is 0 Å². The van der Waals surface area contributed by atoms with Gasteiger partial charge in [-0.25, -0.2) is 4.39 Å². The number of para-hydroxylation sites is 1. The third-order valence-electron chi connectivity index (χ3n) is 5.83. The molecule has 0 spiro atoms. The topological polar surface area (TPSA) is 55.8 Å². The zero-order valence-corrected chi connectivity index (χ0v) is 21.1. The number of rotatable bonds is 8. The van der Waals surface area contributed by atoms with Gasteiger partial charge in [-0.2, -0.15) is 0 Å². The van der Waals surface area contributed by atoms with Gasteiger partial charge in [0.05, 0.1) is 16.5 Å². The Morgan fingerprint density at radius 2 is 1.59 bits per heavy atom. The molecule has 1 heterocycles. The minimum atomic E-state index is -0.461. The van der Waals surface area contributed by atoms with Crippen LogP contribution in [0.15, 0.2) is 89.8 Å². The summed E-state index contributed by atoms with van der Waals surface area (Å²) in [7, 11) is 0. The first-order chi connectivity index (χ1) is 18.0. The molecule has 186 valence electrons. The van der Waals surface area contributed by atoms with Gasteiger partial charge in [0.15, 0.2) is 0 Å². The maximum absolute atomic E-state index is 14.1. The van der Waals surface area contributed by atoms with Gasteiger partial charge in [-0.1, -0.05) is 72.3 Å². The predicted octanol–water partition coefficient (Wildman–Crippen LogP) is 7.33. The summed E-state index contributed by atoms with van der Waals surface area (Å²) in [6.07, 6.45) is 1.61. The zero-order chi connectivity index (χ0) is 25.8. The van der Waals surface area contributed by atoms with Crippen molar-refractivity contribution in [1.29, 1.82) is 0 Å². The lowest BCUT2D eigenvalue weighted by molar-refractivity contribution is -0.123. The van der Waals surface area contributed by atoms with Gasteiger partial charge in [-0.05, 0) is 47.5 Å². The summed E-state index contributed by atoms with van der Waals surface area (Å²) < 4.78 is 25.9. The normalized spacial score (nSPS) is 14.5. The molecule has 1 saturated heterocycles. The lowest BCUT2D eigenvalue weighted by Gasteiger charge is -2.14. The van der Waals surface area contributed by atoms with Crippen LogP contribution < -0.4 is 9.47 Å². The van der Waals surface area contributed by atoms with E-state index in [-0.39, 0.29) is 40.5 Å². The van der Waals surface area contributed by atoms with Crippen LogP contribution in [0.4, 0.5) is 9.18 Å². The summed E-state index contributed by atoms with van der Waals surface area (Å²) in [6, 6.07) is 25.1. The minimum Gasteiger partial charge on any atom is -0.491 e. The van der Waals surface area contributed by atoms with Gasteiger partial charge in [0.2, 0.25) is 0 Å². The summed E-state index contributed by atoms with van der Waals surface area (Å²) in [5.74, 6) is 0.273. The summed E-state index contributed by atoms with van der Waals surface area (Å²) in [5, 5.41) is 1.91. The molecule has 37 heavy (non-hydrogen) atoms. The van der Waals surface area contributed by atoms with Crippen molar-refractivity contribution in [2.24, 2.45) is 0 Å². The number of fused-ring (bicyclic) bond motifs is 1. The van der Waals surface area contributed by atoms with Gasteiger partial charge in [0.1, 0.15) is 30.5 Å². The van der Waals surface area contributed by atoms with E-state index < -0.39 is 11.7 Å². The maximum Gasteiger partial charge on any atom is 0.293 e. The third-order valence-corrected chi connectivity index (χ3v) is 7.10. The average molecular weight is 534 g/mol. The largest absolute Gasteiger partial charge is 0.491 e. The predicted molar refractivity (Wildman–Crippen MR) is 144 cm³/mol. The Morgan fingerprint density at radius 3 is 2.46 bits per heavy atom. The van der Waals surface area contributed by atoms with Crippen molar-refractivity contribution in [3.05, 3.63) is 112 Å². The van der Waals surface area contributed by atoms with Crippen LogP contribution in [-0.4, -0.2) is 29.2 Å². The Kier molecular flexibility index (Phi) is 7.44. The van der Waals surface area contributed by atoms with E-state index in [2.05, 4.69) is 0 Å².